The zero-order valence-corrected chi connectivity index (χ0v) is 12.1. The zero-order chi connectivity index (χ0) is 15.2. The standard InChI is InChI=1S/C14H19N3O4/c1-21-14(20)8-15-12(18)9-17-13(19)7-10-5-3-2-4-6-11(10)16-17/h7H,2-6,8-9H2,1H3,(H,15,18). The van der Waals surface area contributed by atoms with E-state index in [1.807, 2.05) is 0 Å². The van der Waals surface area contributed by atoms with Gasteiger partial charge in [0, 0.05) is 6.07 Å². The summed E-state index contributed by atoms with van der Waals surface area (Å²) in [6, 6.07) is 1.57. The van der Waals surface area contributed by atoms with Crippen LogP contribution in [0.5, 0.6) is 0 Å². The van der Waals surface area contributed by atoms with Crippen LogP contribution in [-0.2, 0) is 33.7 Å². The third kappa shape index (κ3) is 4.14. The number of methoxy groups -OCH3 is 1. The van der Waals surface area contributed by atoms with Crippen molar-refractivity contribution in [3.8, 4) is 0 Å². The van der Waals surface area contributed by atoms with E-state index in [1.165, 1.54) is 7.11 Å². The van der Waals surface area contributed by atoms with Crippen molar-refractivity contribution in [3.05, 3.63) is 27.7 Å². The molecule has 1 N–H and O–H groups in total. The van der Waals surface area contributed by atoms with Gasteiger partial charge in [-0.1, -0.05) is 6.42 Å². The monoisotopic (exact) mass is 293 g/mol. The smallest absolute Gasteiger partial charge is 0.325 e. The zero-order valence-electron chi connectivity index (χ0n) is 12.1. The number of aryl methyl sites for hydroxylation is 2. The highest BCUT2D eigenvalue weighted by Gasteiger charge is 2.14. The number of ether oxygens (including phenoxy) is 1. The Bertz CT molecular complexity index is 594. The van der Waals surface area contributed by atoms with Crippen LogP contribution in [0.25, 0.3) is 0 Å². The fourth-order valence-electron chi connectivity index (χ4n) is 2.33. The second-order valence-electron chi connectivity index (χ2n) is 5.03. The predicted octanol–water partition coefficient (Wildman–Crippen LogP) is -0.199. The number of amides is 1. The molecular weight excluding hydrogens is 274 g/mol. The lowest BCUT2D eigenvalue weighted by Gasteiger charge is -2.09. The van der Waals surface area contributed by atoms with Gasteiger partial charge in [-0.05, 0) is 31.2 Å². The summed E-state index contributed by atoms with van der Waals surface area (Å²) in [7, 11) is 1.24. The minimum absolute atomic E-state index is 0.191. The van der Waals surface area contributed by atoms with E-state index in [9.17, 15) is 14.4 Å². The minimum Gasteiger partial charge on any atom is -0.468 e. The summed E-state index contributed by atoms with van der Waals surface area (Å²) in [4.78, 5) is 34.6. The topological polar surface area (TPSA) is 90.3 Å². The van der Waals surface area contributed by atoms with E-state index in [2.05, 4.69) is 15.2 Å². The van der Waals surface area contributed by atoms with Crippen molar-refractivity contribution in [2.75, 3.05) is 13.7 Å². The Labute approximate surface area is 122 Å². The molecule has 7 nitrogen and oxygen atoms in total. The van der Waals surface area contributed by atoms with Crippen molar-refractivity contribution in [1.82, 2.24) is 15.1 Å². The third-order valence-electron chi connectivity index (χ3n) is 3.47. The Morgan fingerprint density at radius 3 is 2.86 bits per heavy atom. The maximum Gasteiger partial charge on any atom is 0.325 e. The van der Waals surface area contributed by atoms with Gasteiger partial charge in [-0.2, -0.15) is 5.10 Å². The lowest BCUT2D eigenvalue weighted by atomic mass is 10.1. The van der Waals surface area contributed by atoms with E-state index in [0.717, 1.165) is 48.0 Å². The van der Waals surface area contributed by atoms with Gasteiger partial charge in [0.2, 0.25) is 5.91 Å². The number of aromatic nitrogens is 2. The average molecular weight is 293 g/mol. The molecule has 1 aliphatic carbocycles. The summed E-state index contributed by atoms with van der Waals surface area (Å²) in [5.41, 5.74) is 1.60. The first-order chi connectivity index (χ1) is 10.1. The highest BCUT2D eigenvalue weighted by atomic mass is 16.5. The molecule has 1 amide bonds. The number of hydrogen-bond acceptors (Lipinski definition) is 5. The molecule has 0 aromatic carbocycles. The van der Waals surface area contributed by atoms with Crippen LogP contribution >= 0.6 is 0 Å². The largest absolute Gasteiger partial charge is 0.468 e. The highest BCUT2D eigenvalue weighted by molar-refractivity contribution is 5.81. The van der Waals surface area contributed by atoms with Crippen molar-refractivity contribution in [2.24, 2.45) is 0 Å². The number of nitrogens with one attached hydrogen (secondary N) is 1. The summed E-state index contributed by atoms with van der Waals surface area (Å²) in [6.07, 6.45) is 4.95. The lowest BCUT2D eigenvalue weighted by molar-refractivity contribution is -0.141. The van der Waals surface area contributed by atoms with Crippen LogP contribution in [0.2, 0.25) is 0 Å². The Hall–Kier alpha value is -2.18. The second-order valence-corrected chi connectivity index (χ2v) is 5.03. The Balaban J connectivity index is 2.06. The quantitative estimate of drug-likeness (QED) is 0.613. The number of carbonyl (C=O) groups excluding carboxylic acids is 2. The molecule has 0 radical (unpaired) electrons. The molecule has 0 saturated carbocycles. The molecule has 114 valence electrons. The number of fused-ring (bicyclic) bond motifs is 1. The molecule has 0 aliphatic heterocycles. The third-order valence-corrected chi connectivity index (χ3v) is 3.47. The van der Waals surface area contributed by atoms with Crippen molar-refractivity contribution in [3.63, 3.8) is 0 Å². The molecule has 7 heteroatoms. The first-order valence-corrected chi connectivity index (χ1v) is 7.03. The highest BCUT2D eigenvalue weighted by Crippen LogP contribution is 2.16. The number of nitrogens with zero attached hydrogens (tertiary/aromatic N) is 2. The molecule has 1 aromatic rings. The van der Waals surface area contributed by atoms with Gasteiger partial charge < -0.3 is 10.1 Å². The summed E-state index contributed by atoms with van der Waals surface area (Å²) in [5, 5.41) is 6.68. The lowest BCUT2D eigenvalue weighted by Crippen LogP contribution is -2.37. The van der Waals surface area contributed by atoms with Crippen LogP contribution in [0, 0.1) is 0 Å². The van der Waals surface area contributed by atoms with Gasteiger partial charge in [0.05, 0.1) is 12.8 Å². The van der Waals surface area contributed by atoms with Gasteiger partial charge in [-0.3, -0.25) is 14.4 Å². The molecular formula is C14H19N3O4. The molecule has 0 spiro atoms. The first-order valence-electron chi connectivity index (χ1n) is 7.03. The van der Waals surface area contributed by atoms with E-state index in [4.69, 9.17) is 0 Å². The minimum atomic E-state index is -0.536. The van der Waals surface area contributed by atoms with Crippen LogP contribution in [-0.4, -0.2) is 35.3 Å². The van der Waals surface area contributed by atoms with Crippen molar-refractivity contribution < 1.29 is 14.3 Å². The van der Waals surface area contributed by atoms with Crippen molar-refractivity contribution in [2.45, 2.75) is 38.6 Å². The molecule has 21 heavy (non-hydrogen) atoms. The fourth-order valence-corrected chi connectivity index (χ4v) is 2.33. The fraction of sp³-hybridized carbons (Fsp3) is 0.571. The van der Waals surface area contributed by atoms with Crippen molar-refractivity contribution in [1.29, 1.82) is 0 Å². The summed E-state index contributed by atoms with van der Waals surface area (Å²) < 4.78 is 5.57. The van der Waals surface area contributed by atoms with E-state index < -0.39 is 11.9 Å². The second kappa shape index (κ2) is 7.01. The molecule has 1 aliphatic rings. The molecule has 1 heterocycles. The van der Waals surface area contributed by atoms with Gasteiger partial charge >= 0.3 is 5.97 Å². The molecule has 0 unspecified atom stereocenters. The molecule has 0 saturated heterocycles. The molecule has 0 bridgehead atoms. The summed E-state index contributed by atoms with van der Waals surface area (Å²) >= 11 is 0. The maximum atomic E-state index is 12.0. The van der Waals surface area contributed by atoms with E-state index in [1.54, 1.807) is 6.07 Å². The van der Waals surface area contributed by atoms with Crippen LogP contribution < -0.4 is 10.9 Å². The summed E-state index contributed by atoms with van der Waals surface area (Å²) in [5.74, 6) is -0.978. The SMILES string of the molecule is COC(=O)CNC(=O)Cn1nc2c(cc1=O)CCCCC2. The van der Waals surface area contributed by atoms with Crippen molar-refractivity contribution >= 4 is 11.9 Å². The Morgan fingerprint density at radius 2 is 2.10 bits per heavy atom. The van der Waals surface area contributed by atoms with Gasteiger partial charge in [-0.15, -0.1) is 0 Å². The Kier molecular flexibility index (Phi) is 5.08. The number of carbonyl (C=O) groups is 2. The molecule has 0 atom stereocenters. The van der Waals surface area contributed by atoms with Crippen LogP contribution in [0.4, 0.5) is 0 Å². The van der Waals surface area contributed by atoms with Gasteiger partial charge in [0.1, 0.15) is 13.1 Å². The summed E-state index contributed by atoms with van der Waals surface area (Å²) in [6.45, 7) is -0.405. The van der Waals surface area contributed by atoms with E-state index in [0.29, 0.717) is 0 Å². The van der Waals surface area contributed by atoms with E-state index in [-0.39, 0.29) is 18.6 Å². The molecule has 2 rings (SSSR count). The normalized spacial score (nSPS) is 14.0. The van der Waals surface area contributed by atoms with E-state index >= 15 is 0 Å². The van der Waals surface area contributed by atoms with Gasteiger partial charge in [0.15, 0.2) is 0 Å². The van der Waals surface area contributed by atoms with Crippen LogP contribution in [0.1, 0.15) is 30.5 Å². The Morgan fingerprint density at radius 1 is 1.33 bits per heavy atom. The van der Waals surface area contributed by atoms with Gasteiger partial charge in [0.25, 0.3) is 5.56 Å². The van der Waals surface area contributed by atoms with Crippen LogP contribution in [0.15, 0.2) is 10.9 Å². The predicted molar refractivity (Wildman–Crippen MR) is 74.8 cm³/mol. The van der Waals surface area contributed by atoms with Crippen LogP contribution in [0.3, 0.4) is 0 Å². The number of esters is 1. The first kappa shape index (κ1) is 15.2. The van der Waals surface area contributed by atoms with Gasteiger partial charge in [-0.25, -0.2) is 4.68 Å². The molecule has 1 aromatic heterocycles. The maximum absolute atomic E-state index is 12.0. The number of rotatable bonds is 4. The molecule has 0 fully saturated rings. The number of hydrogen-bond donors (Lipinski definition) is 1. The average Bonchev–Trinajstić information content (AvgIpc) is 2.70.